The number of carbonyl (C=O) groups is 1. The van der Waals surface area contributed by atoms with Crippen molar-refractivity contribution in [1.29, 1.82) is 0 Å². The van der Waals surface area contributed by atoms with Crippen molar-refractivity contribution in [3.63, 3.8) is 0 Å². The Balaban J connectivity index is 1.77. The summed E-state index contributed by atoms with van der Waals surface area (Å²) in [6.07, 6.45) is 3.67. The number of nitrogens with one attached hydrogen (secondary N) is 1. The molecule has 1 aromatic heterocycles. The van der Waals surface area contributed by atoms with E-state index in [2.05, 4.69) is 15.5 Å². The smallest absolute Gasteiger partial charge is 0.267 e. The number of hydrazone groups is 1. The maximum atomic E-state index is 12.4. The number of fused-ring (bicyclic) bond motifs is 1. The second-order valence-electron chi connectivity index (χ2n) is 5.79. The maximum Gasteiger partial charge on any atom is 0.273 e. The van der Waals surface area contributed by atoms with Crippen LogP contribution in [0.2, 0.25) is 0 Å². The molecule has 1 heterocycles. The standard InChI is InChI=1S/C20H19N3OS/c1-13-4-9-19-16(10-13)11-18(14(2)22-19)20(24)23-21-12-15-5-7-17(25-3)8-6-15/h4-12H,1-3H3,(H,23,24)/b21-12+. The summed E-state index contributed by atoms with van der Waals surface area (Å²) >= 11 is 1.69. The number of hydrogen-bond donors (Lipinski definition) is 1. The normalized spacial score (nSPS) is 11.2. The van der Waals surface area contributed by atoms with Gasteiger partial charge in [0.05, 0.1) is 23.0 Å². The SMILES string of the molecule is CSc1ccc(/C=N/NC(=O)c2cc3cc(C)ccc3nc2C)cc1. The number of rotatable bonds is 4. The van der Waals surface area contributed by atoms with Gasteiger partial charge < -0.3 is 0 Å². The Morgan fingerprint density at radius 3 is 2.60 bits per heavy atom. The van der Waals surface area contributed by atoms with Crippen molar-refractivity contribution in [2.24, 2.45) is 5.10 Å². The van der Waals surface area contributed by atoms with Crippen LogP contribution in [0.25, 0.3) is 10.9 Å². The van der Waals surface area contributed by atoms with E-state index in [1.54, 1.807) is 18.0 Å². The molecule has 0 unspecified atom stereocenters. The molecule has 0 aliphatic carbocycles. The molecule has 0 spiro atoms. The number of hydrogen-bond acceptors (Lipinski definition) is 4. The first-order valence-electron chi connectivity index (χ1n) is 7.92. The second-order valence-corrected chi connectivity index (χ2v) is 6.67. The number of carbonyl (C=O) groups excluding carboxylic acids is 1. The first-order valence-corrected chi connectivity index (χ1v) is 9.15. The van der Waals surface area contributed by atoms with Crippen LogP contribution in [-0.4, -0.2) is 23.4 Å². The lowest BCUT2D eigenvalue weighted by Crippen LogP contribution is -2.19. The number of thioether (sulfide) groups is 1. The molecule has 0 fully saturated rings. The zero-order chi connectivity index (χ0) is 17.8. The van der Waals surface area contributed by atoms with E-state index in [1.807, 2.05) is 68.6 Å². The van der Waals surface area contributed by atoms with Crippen LogP contribution < -0.4 is 5.43 Å². The molecule has 0 radical (unpaired) electrons. The molecule has 4 nitrogen and oxygen atoms in total. The summed E-state index contributed by atoms with van der Waals surface area (Å²) < 4.78 is 0. The van der Waals surface area contributed by atoms with E-state index in [4.69, 9.17) is 0 Å². The molecule has 2 aromatic carbocycles. The van der Waals surface area contributed by atoms with Crippen LogP contribution in [0.1, 0.15) is 27.2 Å². The molecule has 25 heavy (non-hydrogen) atoms. The predicted octanol–water partition coefficient (Wildman–Crippen LogP) is 4.34. The molecular weight excluding hydrogens is 330 g/mol. The van der Waals surface area contributed by atoms with Gasteiger partial charge in [-0.3, -0.25) is 9.78 Å². The van der Waals surface area contributed by atoms with Crippen LogP contribution in [0.15, 0.2) is 58.5 Å². The van der Waals surface area contributed by atoms with Gasteiger partial charge in [-0.25, -0.2) is 5.43 Å². The van der Waals surface area contributed by atoms with Crippen LogP contribution >= 0.6 is 11.8 Å². The van der Waals surface area contributed by atoms with Crippen molar-refractivity contribution in [2.45, 2.75) is 18.7 Å². The van der Waals surface area contributed by atoms with E-state index in [0.717, 1.165) is 22.0 Å². The van der Waals surface area contributed by atoms with Crippen molar-refractivity contribution >= 4 is 34.8 Å². The van der Waals surface area contributed by atoms with Crippen molar-refractivity contribution < 1.29 is 4.79 Å². The molecule has 126 valence electrons. The predicted molar refractivity (Wildman–Crippen MR) is 105 cm³/mol. The van der Waals surface area contributed by atoms with Gasteiger partial charge in [0.25, 0.3) is 5.91 Å². The van der Waals surface area contributed by atoms with Crippen LogP contribution in [-0.2, 0) is 0 Å². The molecule has 3 aromatic rings. The fourth-order valence-electron chi connectivity index (χ4n) is 2.54. The molecule has 3 rings (SSSR count). The molecule has 1 N–H and O–H groups in total. The zero-order valence-electron chi connectivity index (χ0n) is 14.4. The minimum atomic E-state index is -0.259. The molecule has 0 aliphatic rings. The Morgan fingerprint density at radius 2 is 1.88 bits per heavy atom. The van der Waals surface area contributed by atoms with Gasteiger partial charge in [-0.1, -0.05) is 23.8 Å². The summed E-state index contributed by atoms with van der Waals surface area (Å²) in [6, 6.07) is 15.8. The van der Waals surface area contributed by atoms with Crippen molar-refractivity contribution in [3.05, 3.63) is 70.9 Å². The van der Waals surface area contributed by atoms with Gasteiger partial charge in [-0.2, -0.15) is 5.10 Å². The fourth-order valence-corrected chi connectivity index (χ4v) is 2.95. The average Bonchev–Trinajstić information content (AvgIpc) is 2.62. The molecule has 0 bridgehead atoms. The number of nitrogens with zero attached hydrogens (tertiary/aromatic N) is 2. The third-order valence-electron chi connectivity index (χ3n) is 3.90. The minimum absolute atomic E-state index is 0.259. The van der Waals surface area contributed by atoms with Crippen molar-refractivity contribution in [3.8, 4) is 0 Å². The number of pyridine rings is 1. The first-order chi connectivity index (χ1) is 12.1. The van der Waals surface area contributed by atoms with E-state index in [9.17, 15) is 4.79 Å². The molecule has 5 heteroatoms. The number of amides is 1. The first kappa shape index (κ1) is 17.2. The molecule has 1 amide bonds. The average molecular weight is 349 g/mol. The third-order valence-corrected chi connectivity index (χ3v) is 4.64. The highest BCUT2D eigenvalue weighted by atomic mass is 32.2. The van der Waals surface area contributed by atoms with Crippen LogP contribution in [0.5, 0.6) is 0 Å². The van der Waals surface area contributed by atoms with Crippen molar-refractivity contribution in [2.75, 3.05) is 6.26 Å². The zero-order valence-corrected chi connectivity index (χ0v) is 15.2. The number of aromatic nitrogens is 1. The maximum absolute atomic E-state index is 12.4. The van der Waals surface area contributed by atoms with E-state index >= 15 is 0 Å². The van der Waals surface area contributed by atoms with Gasteiger partial charge in [0.2, 0.25) is 0 Å². The Bertz CT molecular complexity index is 949. The molecule has 0 saturated heterocycles. The number of benzene rings is 2. The van der Waals surface area contributed by atoms with Crippen LogP contribution in [0, 0.1) is 13.8 Å². The highest BCUT2D eigenvalue weighted by Crippen LogP contribution is 2.18. The third kappa shape index (κ3) is 4.06. The van der Waals surface area contributed by atoms with Crippen LogP contribution in [0.3, 0.4) is 0 Å². The van der Waals surface area contributed by atoms with E-state index in [0.29, 0.717) is 11.3 Å². The van der Waals surface area contributed by atoms with Gasteiger partial charge in [-0.05, 0) is 56.0 Å². The Kier molecular flexibility index (Phi) is 5.14. The lowest BCUT2D eigenvalue weighted by Gasteiger charge is -2.07. The van der Waals surface area contributed by atoms with Gasteiger partial charge in [-0.15, -0.1) is 11.8 Å². The molecule has 0 saturated carbocycles. The lowest BCUT2D eigenvalue weighted by atomic mass is 10.1. The topological polar surface area (TPSA) is 54.4 Å². The summed E-state index contributed by atoms with van der Waals surface area (Å²) in [5.41, 5.74) is 6.76. The minimum Gasteiger partial charge on any atom is -0.267 e. The van der Waals surface area contributed by atoms with E-state index in [-0.39, 0.29) is 5.91 Å². The van der Waals surface area contributed by atoms with Gasteiger partial charge in [0.15, 0.2) is 0 Å². The largest absolute Gasteiger partial charge is 0.273 e. The Labute approximate surface area is 151 Å². The van der Waals surface area contributed by atoms with Gasteiger partial charge >= 0.3 is 0 Å². The summed E-state index contributed by atoms with van der Waals surface area (Å²) in [4.78, 5) is 18.1. The van der Waals surface area contributed by atoms with Gasteiger partial charge in [0.1, 0.15) is 0 Å². The van der Waals surface area contributed by atoms with Crippen molar-refractivity contribution in [1.82, 2.24) is 10.4 Å². The van der Waals surface area contributed by atoms with Crippen LogP contribution in [0.4, 0.5) is 0 Å². The Hall–Kier alpha value is -2.66. The van der Waals surface area contributed by atoms with E-state index in [1.165, 1.54) is 4.90 Å². The molecule has 0 aliphatic heterocycles. The Morgan fingerprint density at radius 1 is 1.12 bits per heavy atom. The summed E-state index contributed by atoms with van der Waals surface area (Å²) in [5.74, 6) is -0.259. The van der Waals surface area contributed by atoms with E-state index < -0.39 is 0 Å². The fraction of sp³-hybridized carbons (Fsp3) is 0.150. The molecular formula is C20H19N3OS. The highest BCUT2D eigenvalue weighted by Gasteiger charge is 2.11. The summed E-state index contributed by atoms with van der Waals surface area (Å²) in [7, 11) is 0. The second kappa shape index (κ2) is 7.49. The quantitative estimate of drug-likeness (QED) is 0.433. The summed E-state index contributed by atoms with van der Waals surface area (Å²) in [5, 5.41) is 5.00. The number of aryl methyl sites for hydroxylation is 2. The monoisotopic (exact) mass is 349 g/mol. The van der Waals surface area contributed by atoms with Gasteiger partial charge in [0, 0.05) is 10.3 Å². The molecule has 0 atom stereocenters. The lowest BCUT2D eigenvalue weighted by molar-refractivity contribution is 0.0954. The highest BCUT2D eigenvalue weighted by molar-refractivity contribution is 7.98. The summed E-state index contributed by atoms with van der Waals surface area (Å²) in [6.45, 7) is 3.85.